The molecule has 0 fully saturated rings. The summed E-state index contributed by atoms with van der Waals surface area (Å²) in [5.41, 5.74) is -1.22. The van der Waals surface area contributed by atoms with Crippen molar-refractivity contribution in [2.24, 2.45) is 5.41 Å². The van der Waals surface area contributed by atoms with Gasteiger partial charge in [0.1, 0.15) is 0 Å². The molecule has 0 aliphatic carbocycles. The molecule has 15 heavy (non-hydrogen) atoms. The molecule has 0 aliphatic heterocycles. The van der Waals surface area contributed by atoms with Crippen molar-refractivity contribution in [3.05, 3.63) is 12.7 Å². The van der Waals surface area contributed by atoms with Gasteiger partial charge in [-0.15, -0.1) is 6.58 Å². The van der Waals surface area contributed by atoms with E-state index < -0.39 is 17.4 Å². The third kappa shape index (κ3) is 2.81. The molecule has 0 rings (SSSR count). The van der Waals surface area contributed by atoms with Crippen LogP contribution in [0.4, 0.5) is 0 Å². The molecule has 0 saturated heterocycles. The van der Waals surface area contributed by atoms with Crippen molar-refractivity contribution in [1.82, 2.24) is 0 Å². The zero-order valence-electron chi connectivity index (χ0n) is 9.54. The number of hydrogen-bond donors (Lipinski definition) is 0. The minimum absolute atomic E-state index is 0.236. The molecule has 0 atom stereocenters. The molecular weight excluding hydrogens is 196 g/mol. The Morgan fingerprint density at radius 1 is 1.27 bits per heavy atom. The average molecular weight is 214 g/mol. The summed E-state index contributed by atoms with van der Waals surface area (Å²) >= 11 is 0. The van der Waals surface area contributed by atoms with Crippen molar-refractivity contribution in [1.29, 1.82) is 0 Å². The summed E-state index contributed by atoms with van der Waals surface area (Å²) in [7, 11) is 2.53. The van der Waals surface area contributed by atoms with Gasteiger partial charge in [-0.2, -0.15) is 0 Å². The first-order valence-corrected chi connectivity index (χ1v) is 4.86. The fourth-order valence-corrected chi connectivity index (χ4v) is 1.62. The molecule has 0 aromatic carbocycles. The topological polar surface area (TPSA) is 52.6 Å². The molecular formula is C11H18O4. The van der Waals surface area contributed by atoms with E-state index in [0.29, 0.717) is 12.8 Å². The highest BCUT2D eigenvalue weighted by Crippen LogP contribution is 2.31. The molecule has 0 heterocycles. The van der Waals surface area contributed by atoms with Crippen LogP contribution in [0, 0.1) is 5.41 Å². The summed E-state index contributed by atoms with van der Waals surface area (Å²) in [5.74, 6) is -1.12. The van der Waals surface area contributed by atoms with Crippen LogP contribution >= 0.6 is 0 Å². The Bertz CT molecular complexity index is 229. The summed E-state index contributed by atoms with van der Waals surface area (Å²) in [6, 6.07) is 0. The van der Waals surface area contributed by atoms with Crippen LogP contribution in [0.5, 0.6) is 0 Å². The Balaban J connectivity index is 5.13. The molecule has 0 amide bonds. The minimum Gasteiger partial charge on any atom is -0.468 e. The van der Waals surface area contributed by atoms with E-state index in [0.717, 1.165) is 0 Å². The van der Waals surface area contributed by atoms with Crippen LogP contribution in [0.2, 0.25) is 0 Å². The van der Waals surface area contributed by atoms with Crippen LogP contribution in [0.1, 0.15) is 26.2 Å². The van der Waals surface area contributed by atoms with E-state index in [-0.39, 0.29) is 6.42 Å². The number of rotatable bonds is 6. The van der Waals surface area contributed by atoms with E-state index in [9.17, 15) is 9.59 Å². The average Bonchev–Trinajstić information content (AvgIpc) is 2.26. The zero-order chi connectivity index (χ0) is 11.9. The number of carbonyl (C=O) groups excluding carboxylic acids is 2. The molecule has 0 radical (unpaired) electrons. The summed E-state index contributed by atoms with van der Waals surface area (Å²) in [4.78, 5) is 23.3. The SMILES string of the molecule is C=CCC(CCC)(C(=O)OC)C(=O)OC. The van der Waals surface area contributed by atoms with Crippen LogP contribution in [-0.4, -0.2) is 26.2 Å². The smallest absolute Gasteiger partial charge is 0.323 e. The lowest BCUT2D eigenvalue weighted by Gasteiger charge is -2.26. The minimum atomic E-state index is -1.22. The van der Waals surface area contributed by atoms with Crippen molar-refractivity contribution in [2.75, 3.05) is 14.2 Å². The second kappa shape index (κ2) is 6.22. The molecule has 86 valence electrons. The van der Waals surface area contributed by atoms with Crippen LogP contribution in [0.15, 0.2) is 12.7 Å². The molecule has 0 N–H and O–H groups in total. The largest absolute Gasteiger partial charge is 0.468 e. The van der Waals surface area contributed by atoms with Crippen molar-refractivity contribution >= 4 is 11.9 Å². The molecule has 0 unspecified atom stereocenters. The van der Waals surface area contributed by atoms with Gasteiger partial charge in [0.25, 0.3) is 0 Å². The number of esters is 2. The molecule has 0 spiro atoms. The maximum Gasteiger partial charge on any atom is 0.323 e. The predicted molar refractivity (Wildman–Crippen MR) is 56.2 cm³/mol. The highest BCUT2D eigenvalue weighted by atomic mass is 16.5. The van der Waals surface area contributed by atoms with E-state index in [1.807, 2.05) is 6.92 Å². The summed E-state index contributed by atoms with van der Waals surface area (Å²) < 4.78 is 9.31. The van der Waals surface area contributed by atoms with Crippen molar-refractivity contribution in [2.45, 2.75) is 26.2 Å². The summed E-state index contributed by atoms with van der Waals surface area (Å²) in [5, 5.41) is 0. The molecule has 0 saturated carbocycles. The van der Waals surface area contributed by atoms with Gasteiger partial charge in [0.15, 0.2) is 5.41 Å². The van der Waals surface area contributed by atoms with Gasteiger partial charge in [-0.25, -0.2) is 0 Å². The second-order valence-electron chi connectivity index (χ2n) is 3.31. The Labute approximate surface area is 90.2 Å². The Morgan fingerprint density at radius 2 is 1.73 bits per heavy atom. The third-order valence-electron chi connectivity index (χ3n) is 2.32. The van der Waals surface area contributed by atoms with Crippen molar-refractivity contribution < 1.29 is 19.1 Å². The lowest BCUT2D eigenvalue weighted by molar-refractivity contribution is -0.169. The Morgan fingerprint density at radius 3 is 2.00 bits per heavy atom. The fraction of sp³-hybridized carbons (Fsp3) is 0.636. The molecule has 0 aliphatic rings. The third-order valence-corrected chi connectivity index (χ3v) is 2.32. The maximum atomic E-state index is 11.6. The molecule has 0 bridgehead atoms. The monoisotopic (exact) mass is 214 g/mol. The number of ether oxygens (including phenoxy) is 2. The van der Waals surface area contributed by atoms with Gasteiger partial charge in [0.05, 0.1) is 14.2 Å². The first-order valence-electron chi connectivity index (χ1n) is 4.86. The van der Waals surface area contributed by atoms with Gasteiger partial charge < -0.3 is 9.47 Å². The lowest BCUT2D eigenvalue weighted by Crippen LogP contribution is -2.40. The summed E-state index contributed by atoms with van der Waals surface area (Å²) in [6.45, 7) is 5.44. The zero-order valence-corrected chi connectivity index (χ0v) is 9.54. The van der Waals surface area contributed by atoms with Crippen LogP contribution in [0.3, 0.4) is 0 Å². The normalized spacial score (nSPS) is 10.6. The number of allylic oxidation sites excluding steroid dienone is 1. The molecule has 0 aromatic rings. The predicted octanol–water partition coefficient (Wildman–Crippen LogP) is 1.70. The van der Waals surface area contributed by atoms with Gasteiger partial charge in [-0.3, -0.25) is 9.59 Å². The lowest BCUT2D eigenvalue weighted by atomic mass is 9.80. The van der Waals surface area contributed by atoms with Crippen LogP contribution in [0.25, 0.3) is 0 Å². The van der Waals surface area contributed by atoms with E-state index in [4.69, 9.17) is 0 Å². The van der Waals surface area contributed by atoms with E-state index in [2.05, 4.69) is 16.1 Å². The molecule has 4 heteroatoms. The highest BCUT2D eigenvalue weighted by Gasteiger charge is 2.46. The van der Waals surface area contributed by atoms with E-state index in [1.165, 1.54) is 20.3 Å². The van der Waals surface area contributed by atoms with E-state index >= 15 is 0 Å². The first-order chi connectivity index (χ1) is 7.08. The molecule has 0 aromatic heterocycles. The molecule has 4 nitrogen and oxygen atoms in total. The van der Waals surface area contributed by atoms with Gasteiger partial charge in [-0.05, 0) is 12.8 Å². The van der Waals surface area contributed by atoms with E-state index in [1.54, 1.807) is 0 Å². The summed E-state index contributed by atoms with van der Waals surface area (Å²) in [6.07, 6.45) is 2.86. The highest BCUT2D eigenvalue weighted by molar-refractivity contribution is 6.00. The van der Waals surface area contributed by atoms with Crippen molar-refractivity contribution in [3.8, 4) is 0 Å². The Kier molecular flexibility index (Phi) is 5.67. The van der Waals surface area contributed by atoms with Gasteiger partial charge >= 0.3 is 11.9 Å². The second-order valence-corrected chi connectivity index (χ2v) is 3.31. The quantitative estimate of drug-likeness (QED) is 0.383. The van der Waals surface area contributed by atoms with Crippen molar-refractivity contribution in [3.63, 3.8) is 0 Å². The van der Waals surface area contributed by atoms with Gasteiger partial charge in [-0.1, -0.05) is 19.4 Å². The Hall–Kier alpha value is -1.32. The number of methoxy groups -OCH3 is 2. The number of carbonyl (C=O) groups is 2. The maximum absolute atomic E-state index is 11.6. The fourth-order valence-electron chi connectivity index (χ4n) is 1.62. The standard InChI is InChI=1S/C11H18O4/c1-5-7-11(8-6-2,9(12)14-3)10(13)15-4/h5H,1,6-8H2,2-4H3. The number of hydrogen-bond acceptors (Lipinski definition) is 4. The van der Waals surface area contributed by atoms with Crippen LogP contribution in [-0.2, 0) is 19.1 Å². The first kappa shape index (κ1) is 13.7. The van der Waals surface area contributed by atoms with Gasteiger partial charge in [0.2, 0.25) is 0 Å². The van der Waals surface area contributed by atoms with Crippen LogP contribution < -0.4 is 0 Å². The van der Waals surface area contributed by atoms with Gasteiger partial charge in [0, 0.05) is 0 Å².